The standard InChI is InChI=1S/C16H17F2NO2/c1-2-15(11-3-7-13(20)8-4-11)19-12-5-9-14(10-6-12)21-16(17)18/h3-10,15-16,19-20H,2H2,1H3. The second-order valence-electron chi connectivity index (χ2n) is 4.60. The number of aromatic hydroxyl groups is 1. The summed E-state index contributed by atoms with van der Waals surface area (Å²) < 4.78 is 28.5. The van der Waals surface area contributed by atoms with Gasteiger partial charge in [0.2, 0.25) is 0 Å². The normalized spacial score (nSPS) is 12.2. The maximum absolute atomic E-state index is 12.1. The van der Waals surface area contributed by atoms with Crippen LogP contribution in [0.15, 0.2) is 48.5 Å². The van der Waals surface area contributed by atoms with Gasteiger partial charge in [0.15, 0.2) is 0 Å². The number of nitrogens with one attached hydrogen (secondary N) is 1. The third kappa shape index (κ3) is 4.34. The Kier molecular flexibility index (Phi) is 4.98. The summed E-state index contributed by atoms with van der Waals surface area (Å²) in [6, 6.07) is 13.4. The summed E-state index contributed by atoms with van der Waals surface area (Å²) in [5, 5.41) is 12.6. The van der Waals surface area contributed by atoms with E-state index in [1.165, 1.54) is 12.1 Å². The number of ether oxygens (including phenoxy) is 1. The summed E-state index contributed by atoms with van der Waals surface area (Å²) in [6.45, 7) is -0.775. The van der Waals surface area contributed by atoms with Crippen molar-refractivity contribution in [1.29, 1.82) is 0 Å². The highest BCUT2D eigenvalue weighted by Gasteiger charge is 2.10. The molecule has 0 radical (unpaired) electrons. The highest BCUT2D eigenvalue weighted by molar-refractivity contribution is 5.48. The summed E-state index contributed by atoms with van der Waals surface area (Å²) in [5.74, 6) is 0.357. The van der Waals surface area contributed by atoms with Crippen LogP contribution in [0.2, 0.25) is 0 Å². The second-order valence-corrected chi connectivity index (χ2v) is 4.60. The molecule has 0 aromatic heterocycles. The molecule has 0 aliphatic carbocycles. The van der Waals surface area contributed by atoms with Gasteiger partial charge in [-0.2, -0.15) is 8.78 Å². The van der Waals surface area contributed by atoms with Crippen molar-refractivity contribution >= 4 is 5.69 Å². The van der Waals surface area contributed by atoms with Gasteiger partial charge >= 0.3 is 6.61 Å². The monoisotopic (exact) mass is 293 g/mol. The first-order chi connectivity index (χ1) is 10.1. The maximum Gasteiger partial charge on any atom is 0.387 e. The van der Waals surface area contributed by atoms with Gasteiger partial charge in [0.25, 0.3) is 0 Å². The number of phenols is 1. The van der Waals surface area contributed by atoms with E-state index in [2.05, 4.69) is 10.1 Å². The van der Waals surface area contributed by atoms with Gasteiger partial charge in [-0.25, -0.2) is 0 Å². The Balaban J connectivity index is 2.06. The number of benzene rings is 2. The first-order valence-electron chi connectivity index (χ1n) is 6.69. The lowest BCUT2D eigenvalue weighted by Gasteiger charge is -2.19. The van der Waals surface area contributed by atoms with Gasteiger partial charge in [0.05, 0.1) is 6.04 Å². The second kappa shape index (κ2) is 6.92. The molecule has 1 unspecified atom stereocenters. The summed E-state index contributed by atoms with van der Waals surface area (Å²) in [4.78, 5) is 0. The number of hydrogen-bond donors (Lipinski definition) is 2. The van der Waals surface area contributed by atoms with Crippen LogP contribution in [-0.4, -0.2) is 11.7 Å². The fraction of sp³-hybridized carbons (Fsp3) is 0.250. The number of rotatable bonds is 6. The number of phenolic OH excluding ortho intramolecular Hbond substituents is 1. The van der Waals surface area contributed by atoms with Crippen molar-refractivity contribution in [3.63, 3.8) is 0 Å². The molecule has 2 rings (SSSR count). The minimum atomic E-state index is -2.82. The molecule has 21 heavy (non-hydrogen) atoms. The summed E-state index contributed by atoms with van der Waals surface area (Å²) in [7, 11) is 0. The Bertz CT molecular complexity index is 555. The quantitative estimate of drug-likeness (QED) is 0.820. The average Bonchev–Trinajstić information content (AvgIpc) is 2.47. The molecule has 5 heteroatoms. The van der Waals surface area contributed by atoms with E-state index in [9.17, 15) is 13.9 Å². The minimum absolute atomic E-state index is 0.0764. The Labute approximate surface area is 122 Å². The molecule has 0 fully saturated rings. The number of anilines is 1. The molecule has 0 bridgehead atoms. The number of halogens is 2. The highest BCUT2D eigenvalue weighted by Crippen LogP contribution is 2.25. The molecule has 0 saturated carbocycles. The predicted molar refractivity (Wildman–Crippen MR) is 77.8 cm³/mol. The van der Waals surface area contributed by atoms with E-state index < -0.39 is 6.61 Å². The molecule has 112 valence electrons. The van der Waals surface area contributed by atoms with E-state index >= 15 is 0 Å². The lowest BCUT2D eigenvalue weighted by molar-refractivity contribution is -0.0498. The van der Waals surface area contributed by atoms with Crippen LogP contribution >= 0.6 is 0 Å². The van der Waals surface area contributed by atoms with E-state index in [4.69, 9.17) is 0 Å². The number of alkyl halides is 2. The van der Waals surface area contributed by atoms with E-state index in [1.54, 1.807) is 24.3 Å². The largest absolute Gasteiger partial charge is 0.508 e. The minimum Gasteiger partial charge on any atom is -0.508 e. The van der Waals surface area contributed by atoms with Gasteiger partial charge < -0.3 is 15.2 Å². The van der Waals surface area contributed by atoms with Crippen LogP contribution in [0, 0.1) is 0 Å². The van der Waals surface area contributed by atoms with Crippen molar-refractivity contribution in [1.82, 2.24) is 0 Å². The van der Waals surface area contributed by atoms with Crippen LogP contribution in [0.4, 0.5) is 14.5 Å². The van der Waals surface area contributed by atoms with Crippen LogP contribution in [0.5, 0.6) is 11.5 Å². The van der Waals surface area contributed by atoms with Crippen LogP contribution in [-0.2, 0) is 0 Å². The van der Waals surface area contributed by atoms with Crippen LogP contribution in [0.1, 0.15) is 24.9 Å². The van der Waals surface area contributed by atoms with Gasteiger partial charge in [-0.05, 0) is 48.4 Å². The molecule has 0 spiro atoms. The Hall–Kier alpha value is -2.30. The molecule has 0 saturated heterocycles. The van der Waals surface area contributed by atoms with Gasteiger partial charge in [0, 0.05) is 5.69 Å². The van der Waals surface area contributed by atoms with Gasteiger partial charge in [-0.1, -0.05) is 19.1 Å². The topological polar surface area (TPSA) is 41.5 Å². The van der Waals surface area contributed by atoms with E-state index in [0.717, 1.165) is 17.7 Å². The molecule has 3 nitrogen and oxygen atoms in total. The molecule has 0 aliphatic heterocycles. The molecule has 2 aromatic rings. The van der Waals surface area contributed by atoms with Crippen molar-refractivity contribution in [3.05, 3.63) is 54.1 Å². The Morgan fingerprint density at radius 2 is 1.67 bits per heavy atom. The van der Waals surface area contributed by atoms with Gasteiger partial charge in [-0.15, -0.1) is 0 Å². The van der Waals surface area contributed by atoms with Crippen molar-refractivity contribution in [2.45, 2.75) is 26.0 Å². The first-order valence-corrected chi connectivity index (χ1v) is 6.69. The fourth-order valence-electron chi connectivity index (χ4n) is 2.06. The third-order valence-corrected chi connectivity index (χ3v) is 3.12. The summed E-state index contributed by atoms with van der Waals surface area (Å²) >= 11 is 0. The fourth-order valence-corrected chi connectivity index (χ4v) is 2.06. The van der Waals surface area contributed by atoms with E-state index in [-0.39, 0.29) is 17.5 Å². The zero-order chi connectivity index (χ0) is 15.2. The summed E-state index contributed by atoms with van der Waals surface area (Å²) in [5.41, 5.74) is 1.86. The Morgan fingerprint density at radius 1 is 1.05 bits per heavy atom. The molecule has 1 atom stereocenters. The molecular formula is C16H17F2NO2. The van der Waals surface area contributed by atoms with Crippen molar-refractivity contribution in [2.24, 2.45) is 0 Å². The molecule has 2 aromatic carbocycles. The molecule has 0 aliphatic rings. The third-order valence-electron chi connectivity index (χ3n) is 3.12. The molecule has 2 N–H and O–H groups in total. The molecule has 0 heterocycles. The SMILES string of the molecule is CCC(Nc1ccc(OC(F)F)cc1)c1ccc(O)cc1. The zero-order valence-electron chi connectivity index (χ0n) is 11.6. The van der Waals surface area contributed by atoms with E-state index in [1.807, 2.05) is 19.1 Å². The lowest BCUT2D eigenvalue weighted by Crippen LogP contribution is -2.09. The van der Waals surface area contributed by atoms with Gasteiger partial charge in [-0.3, -0.25) is 0 Å². The first kappa shape index (κ1) is 15.1. The van der Waals surface area contributed by atoms with Crippen LogP contribution < -0.4 is 10.1 Å². The lowest BCUT2D eigenvalue weighted by atomic mass is 10.0. The van der Waals surface area contributed by atoms with Crippen LogP contribution in [0.25, 0.3) is 0 Å². The average molecular weight is 293 g/mol. The summed E-state index contributed by atoms with van der Waals surface area (Å²) in [6.07, 6.45) is 0.847. The Morgan fingerprint density at radius 3 is 2.19 bits per heavy atom. The van der Waals surface area contributed by atoms with Crippen molar-refractivity contribution in [3.8, 4) is 11.5 Å². The molecular weight excluding hydrogens is 276 g/mol. The predicted octanol–water partition coefficient (Wildman–Crippen LogP) is 4.56. The number of hydrogen-bond acceptors (Lipinski definition) is 3. The van der Waals surface area contributed by atoms with E-state index in [0.29, 0.717) is 0 Å². The maximum atomic E-state index is 12.1. The van der Waals surface area contributed by atoms with Crippen molar-refractivity contribution in [2.75, 3.05) is 5.32 Å². The van der Waals surface area contributed by atoms with Gasteiger partial charge in [0.1, 0.15) is 11.5 Å². The van der Waals surface area contributed by atoms with Crippen LogP contribution in [0.3, 0.4) is 0 Å². The smallest absolute Gasteiger partial charge is 0.387 e. The zero-order valence-corrected chi connectivity index (χ0v) is 11.6. The molecule has 0 amide bonds. The highest BCUT2D eigenvalue weighted by atomic mass is 19.3. The van der Waals surface area contributed by atoms with Crippen molar-refractivity contribution < 1.29 is 18.6 Å².